The van der Waals surface area contributed by atoms with E-state index >= 15 is 0 Å². The Morgan fingerprint density at radius 1 is 1.45 bits per heavy atom. The third-order valence-electron chi connectivity index (χ3n) is 5.53. The molecule has 20 heavy (non-hydrogen) atoms. The molecule has 112 valence electrons. The second-order valence-corrected chi connectivity index (χ2v) is 6.49. The molecule has 2 heteroatoms. The summed E-state index contributed by atoms with van der Waals surface area (Å²) < 4.78 is 5.09. The maximum absolute atomic E-state index is 11.8. The van der Waals surface area contributed by atoms with Crippen LogP contribution in [0.15, 0.2) is 23.8 Å². The van der Waals surface area contributed by atoms with Gasteiger partial charge in [-0.3, -0.25) is 0 Å². The van der Waals surface area contributed by atoms with E-state index in [1.54, 1.807) is 0 Å². The van der Waals surface area contributed by atoms with Crippen molar-refractivity contribution in [1.82, 2.24) is 0 Å². The average Bonchev–Trinajstić information content (AvgIpc) is 2.99. The van der Waals surface area contributed by atoms with Gasteiger partial charge >= 0.3 is 5.97 Å². The average molecular weight is 276 g/mol. The number of hydrogen-bond acceptors (Lipinski definition) is 2. The van der Waals surface area contributed by atoms with E-state index in [2.05, 4.69) is 19.6 Å². The molecule has 0 saturated heterocycles. The quantitative estimate of drug-likeness (QED) is 0.401. The van der Waals surface area contributed by atoms with Crippen molar-refractivity contribution in [3.63, 3.8) is 0 Å². The Morgan fingerprint density at radius 2 is 2.20 bits per heavy atom. The fraction of sp³-hybridized carbons (Fsp3) is 0.722. The zero-order valence-electron chi connectivity index (χ0n) is 13.2. The van der Waals surface area contributed by atoms with E-state index in [9.17, 15) is 4.79 Å². The summed E-state index contributed by atoms with van der Waals surface area (Å²) in [6, 6.07) is 0. The third-order valence-corrected chi connectivity index (χ3v) is 5.53. The highest BCUT2D eigenvalue weighted by Gasteiger charge is 2.49. The summed E-state index contributed by atoms with van der Waals surface area (Å²) in [6.45, 7) is 11.1. The van der Waals surface area contributed by atoms with E-state index in [1.807, 2.05) is 13.8 Å². The first-order chi connectivity index (χ1) is 9.52. The van der Waals surface area contributed by atoms with Gasteiger partial charge in [0.15, 0.2) is 0 Å². The van der Waals surface area contributed by atoms with Crippen LogP contribution in [0.4, 0.5) is 0 Å². The van der Waals surface area contributed by atoms with Crippen molar-refractivity contribution in [2.45, 2.75) is 59.3 Å². The molecule has 2 rings (SSSR count). The summed E-state index contributed by atoms with van der Waals surface area (Å²) in [4.78, 5) is 11.8. The molecule has 0 radical (unpaired) electrons. The van der Waals surface area contributed by atoms with Crippen LogP contribution in [0.5, 0.6) is 0 Å². The highest BCUT2D eigenvalue weighted by molar-refractivity contribution is 5.88. The van der Waals surface area contributed by atoms with Gasteiger partial charge in [-0.05, 0) is 62.7 Å². The number of fused-ring (bicyclic) bond motifs is 2. The summed E-state index contributed by atoms with van der Waals surface area (Å²) >= 11 is 0. The highest BCUT2D eigenvalue weighted by atomic mass is 16.5. The molecule has 2 nitrogen and oxygen atoms in total. The molecular weight excluding hydrogens is 248 g/mol. The minimum absolute atomic E-state index is 0.146. The summed E-state index contributed by atoms with van der Waals surface area (Å²) in [5.74, 6) is 1.44. The number of hydrogen-bond donors (Lipinski definition) is 0. The second-order valence-electron chi connectivity index (χ2n) is 6.49. The molecule has 0 aromatic carbocycles. The molecule has 2 fully saturated rings. The molecule has 3 atom stereocenters. The number of carbonyl (C=O) groups excluding carboxylic acids is 1. The van der Waals surface area contributed by atoms with Crippen molar-refractivity contribution in [3.8, 4) is 0 Å². The van der Waals surface area contributed by atoms with Crippen LogP contribution < -0.4 is 0 Å². The largest absolute Gasteiger partial charge is 0.463 e. The van der Waals surface area contributed by atoms with E-state index in [0.29, 0.717) is 12.0 Å². The van der Waals surface area contributed by atoms with Crippen molar-refractivity contribution in [2.75, 3.05) is 6.61 Å². The summed E-state index contributed by atoms with van der Waals surface area (Å²) in [6.07, 6.45) is 8.97. The van der Waals surface area contributed by atoms with Crippen molar-refractivity contribution >= 4 is 5.97 Å². The summed E-state index contributed by atoms with van der Waals surface area (Å²) in [5, 5.41) is 0. The molecule has 0 heterocycles. The number of allylic oxidation sites excluding steroid dienone is 2. The first-order valence-corrected chi connectivity index (χ1v) is 8.08. The zero-order valence-corrected chi connectivity index (χ0v) is 13.2. The Balaban J connectivity index is 1.94. The van der Waals surface area contributed by atoms with Crippen molar-refractivity contribution < 1.29 is 9.53 Å². The van der Waals surface area contributed by atoms with Crippen LogP contribution in [0, 0.1) is 17.3 Å². The monoisotopic (exact) mass is 276 g/mol. The maximum atomic E-state index is 11.8. The number of carbonyl (C=O) groups is 1. The Bertz CT molecular complexity index is 421. The van der Waals surface area contributed by atoms with Gasteiger partial charge in [0.05, 0.1) is 6.61 Å². The Hall–Kier alpha value is -1.05. The van der Waals surface area contributed by atoms with Gasteiger partial charge in [-0.15, -0.1) is 0 Å². The normalized spacial score (nSPS) is 32.8. The van der Waals surface area contributed by atoms with Gasteiger partial charge in [-0.25, -0.2) is 4.79 Å². The van der Waals surface area contributed by atoms with E-state index in [4.69, 9.17) is 4.74 Å². The van der Waals surface area contributed by atoms with E-state index < -0.39 is 0 Å². The van der Waals surface area contributed by atoms with Gasteiger partial charge in [0.1, 0.15) is 0 Å². The molecule has 2 saturated carbocycles. The van der Waals surface area contributed by atoms with Crippen LogP contribution in [0.2, 0.25) is 0 Å². The van der Waals surface area contributed by atoms with Crippen LogP contribution in [0.25, 0.3) is 0 Å². The van der Waals surface area contributed by atoms with Gasteiger partial charge in [-0.2, -0.15) is 0 Å². The Kier molecular flexibility index (Phi) is 4.72. The van der Waals surface area contributed by atoms with Crippen LogP contribution in [-0.4, -0.2) is 12.6 Å². The molecule has 0 aromatic rings. The van der Waals surface area contributed by atoms with Gasteiger partial charge in [0.25, 0.3) is 0 Å². The molecule has 2 aliphatic carbocycles. The predicted molar refractivity (Wildman–Crippen MR) is 82.3 cm³/mol. The van der Waals surface area contributed by atoms with Gasteiger partial charge in [0, 0.05) is 5.57 Å². The smallest absolute Gasteiger partial charge is 0.333 e. The first kappa shape index (κ1) is 15.3. The maximum Gasteiger partial charge on any atom is 0.333 e. The lowest BCUT2D eigenvalue weighted by atomic mass is 9.69. The van der Waals surface area contributed by atoms with Gasteiger partial charge in [-0.1, -0.05) is 32.1 Å². The Morgan fingerprint density at radius 3 is 2.75 bits per heavy atom. The number of esters is 1. The fourth-order valence-corrected chi connectivity index (χ4v) is 4.11. The van der Waals surface area contributed by atoms with E-state index in [-0.39, 0.29) is 5.97 Å². The molecule has 0 unspecified atom stereocenters. The SMILES string of the molecule is C=C1[C@@H]2CC[C@@H](C2)[C@@]1(C)CC/C=C(/CC)C(=O)OCC. The predicted octanol–water partition coefficient (Wildman–Crippen LogP) is 4.66. The molecule has 2 aliphatic rings. The number of ether oxygens (including phenoxy) is 1. The lowest BCUT2D eigenvalue weighted by Crippen LogP contribution is -2.26. The molecule has 0 spiro atoms. The summed E-state index contributed by atoms with van der Waals surface area (Å²) in [7, 11) is 0. The van der Waals surface area contributed by atoms with Crippen molar-refractivity contribution in [1.29, 1.82) is 0 Å². The lowest BCUT2D eigenvalue weighted by molar-refractivity contribution is -0.138. The Labute approximate surface area is 123 Å². The van der Waals surface area contributed by atoms with Gasteiger partial charge in [0.2, 0.25) is 0 Å². The minimum atomic E-state index is -0.146. The van der Waals surface area contributed by atoms with Crippen LogP contribution in [-0.2, 0) is 9.53 Å². The lowest BCUT2D eigenvalue weighted by Gasteiger charge is -2.36. The molecule has 0 aliphatic heterocycles. The van der Waals surface area contributed by atoms with E-state index in [0.717, 1.165) is 36.7 Å². The minimum Gasteiger partial charge on any atom is -0.463 e. The molecule has 0 amide bonds. The molecule has 2 bridgehead atoms. The number of rotatable bonds is 6. The van der Waals surface area contributed by atoms with Crippen LogP contribution in [0.1, 0.15) is 59.3 Å². The van der Waals surface area contributed by atoms with Crippen molar-refractivity contribution in [2.24, 2.45) is 17.3 Å². The first-order valence-electron chi connectivity index (χ1n) is 8.08. The zero-order chi connectivity index (χ0) is 14.8. The molecule has 0 N–H and O–H groups in total. The van der Waals surface area contributed by atoms with Gasteiger partial charge < -0.3 is 4.74 Å². The van der Waals surface area contributed by atoms with Crippen molar-refractivity contribution in [3.05, 3.63) is 23.8 Å². The second kappa shape index (κ2) is 6.15. The van der Waals surface area contributed by atoms with Crippen LogP contribution in [0.3, 0.4) is 0 Å². The van der Waals surface area contributed by atoms with Crippen LogP contribution >= 0.6 is 0 Å². The fourth-order valence-electron chi connectivity index (χ4n) is 4.11. The third kappa shape index (κ3) is 2.70. The molecule has 0 aromatic heterocycles. The topological polar surface area (TPSA) is 26.3 Å². The standard InChI is InChI=1S/C18H28O2/c1-5-14(17(19)20-6-2)8-7-11-18(4)13(3)15-9-10-16(18)12-15/h8,15-16H,3,5-7,9-12H2,1-2,4H3/b14-8-/t15-,16+,18+/m1/s1. The van der Waals surface area contributed by atoms with E-state index in [1.165, 1.54) is 24.8 Å². The molecular formula is C18H28O2. The highest BCUT2D eigenvalue weighted by Crippen LogP contribution is 2.60. The summed E-state index contributed by atoms with van der Waals surface area (Å²) in [5.41, 5.74) is 2.59.